The van der Waals surface area contributed by atoms with Gasteiger partial charge in [0.25, 0.3) is 10.0 Å². The van der Waals surface area contributed by atoms with Gasteiger partial charge in [0, 0.05) is 11.1 Å². The number of amides is 2. The predicted molar refractivity (Wildman–Crippen MR) is 111 cm³/mol. The van der Waals surface area contributed by atoms with Crippen LogP contribution in [0.4, 0.5) is 10.5 Å². The van der Waals surface area contributed by atoms with E-state index in [9.17, 15) is 13.2 Å². The molecule has 2 amide bonds. The van der Waals surface area contributed by atoms with E-state index in [0.717, 1.165) is 75.6 Å². The summed E-state index contributed by atoms with van der Waals surface area (Å²) in [6.45, 7) is 1.93. The van der Waals surface area contributed by atoms with Crippen molar-refractivity contribution in [2.75, 3.05) is 25.5 Å². The van der Waals surface area contributed by atoms with Crippen molar-refractivity contribution in [2.45, 2.75) is 51.4 Å². The molecule has 0 radical (unpaired) electrons. The molecule has 152 valence electrons. The molecule has 0 saturated carbocycles. The Kier molecular flexibility index (Phi) is 5.47. The highest BCUT2D eigenvalue weighted by Gasteiger charge is 2.25. The van der Waals surface area contributed by atoms with Crippen LogP contribution in [-0.4, -0.2) is 39.5 Å². The number of nitrogens with zero attached hydrogens (tertiary/aromatic N) is 1. The Morgan fingerprint density at radius 3 is 2.29 bits per heavy atom. The number of hydrogen-bond acceptors (Lipinski definition) is 4. The fourth-order valence-corrected chi connectivity index (χ4v) is 5.51. The van der Waals surface area contributed by atoms with Crippen molar-refractivity contribution < 1.29 is 13.2 Å². The second-order valence-corrected chi connectivity index (χ2v) is 9.87. The molecule has 0 spiro atoms. The van der Waals surface area contributed by atoms with E-state index in [1.54, 1.807) is 6.08 Å². The minimum atomic E-state index is -3.80. The first kappa shape index (κ1) is 19.5. The van der Waals surface area contributed by atoms with Gasteiger partial charge in [-0.2, -0.15) is 0 Å². The van der Waals surface area contributed by atoms with E-state index >= 15 is 0 Å². The number of piperidine rings is 1. The number of carbonyl (C=O) groups is 1. The number of anilines is 1. The molecule has 1 aromatic rings. The zero-order chi connectivity index (χ0) is 19.7. The smallest absolute Gasteiger partial charge is 0.307 e. The van der Waals surface area contributed by atoms with Gasteiger partial charge in [0.15, 0.2) is 0 Å². The number of carbonyl (C=O) groups excluding carboxylic acids is 1. The maximum absolute atomic E-state index is 12.5. The van der Waals surface area contributed by atoms with Crippen LogP contribution < -0.4 is 10.0 Å². The molecule has 3 aliphatic rings. The average Bonchev–Trinajstić information content (AvgIpc) is 3.29. The SMILES string of the molecule is CN1CCC(/C=C/S(=O)(=O)NC(=O)Nc2c3c(cc4c2CCC4)CCC3)CC1. The van der Waals surface area contributed by atoms with Gasteiger partial charge >= 0.3 is 6.03 Å². The van der Waals surface area contributed by atoms with Crippen LogP contribution in [0.25, 0.3) is 0 Å². The fraction of sp³-hybridized carbons (Fsp3) is 0.571. The van der Waals surface area contributed by atoms with Gasteiger partial charge in [-0.05, 0) is 99.7 Å². The Balaban J connectivity index is 1.43. The molecule has 1 heterocycles. The van der Waals surface area contributed by atoms with Crippen molar-refractivity contribution in [3.05, 3.63) is 39.8 Å². The number of urea groups is 1. The zero-order valence-corrected chi connectivity index (χ0v) is 17.3. The molecule has 0 bridgehead atoms. The normalized spacial score (nSPS) is 20.3. The summed E-state index contributed by atoms with van der Waals surface area (Å²) >= 11 is 0. The molecule has 28 heavy (non-hydrogen) atoms. The zero-order valence-electron chi connectivity index (χ0n) is 16.5. The molecule has 1 aliphatic heterocycles. The lowest BCUT2D eigenvalue weighted by atomic mass is 9.98. The molecule has 0 unspecified atom stereocenters. The highest BCUT2D eigenvalue weighted by Crippen LogP contribution is 2.38. The second kappa shape index (κ2) is 7.87. The fourth-order valence-electron chi connectivity index (χ4n) is 4.70. The molecule has 0 aromatic heterocycles. The van der Waals surface area contributed by atoms with E-state index in [4.69, 9.17) is 0 Å². The second-order valence-electron chi connectivity index (χ2n) is 8.30. The number of sulfonamides is 1. The topological polar surface area (TPSA) is 78.5 Å². The number of nitrogens with one attached hydrogen (secondary N) is 2. The Hall–Kier alpha value is -1.86. The molecule has 0 atom stereocenters. The quantitative estimate of drug-likeness (QED) is 0.810. The van der Waals surface area contributed by atoms with Gasteiger partial charge < -0.3 is 10.2 Å². The van der Waals surface area contributed by atoms with E-state index in [1.165, 1.54) is 22.3 Å². The van der Waals surface area contributed by atoms with Crippen molar-refractivity contribution in [1.29, 1.82) is 0 Å². The Morgan fingerprint density at radius 1 is 1.07 bits per heavy atom. The molecular weight excluding hydrogens is 374 g/mol. The molecule has 4 rings (SSSR count). The van der Waals surface area contributed by atoms with Crippen LogP contribution in [0.15, 0.2) is 17.6 Å². The van der Waals surface area contributed by atoms with Crippen molar-refractivity contribution in [3.8, 4) is 0 Å². The van der Waals surface area contributed by atoms with Crippen LogP contribution in [0.2, 0.25) is 0 Å². The Labute approximate surface area is 167 Å². The number of fused-ring (bicyclic) bond motifs is 2. The summed E-state index contributed by atoms with van der Waals surface area (Å²) in [6.07, 6.45) is 9.75. The standard InChI is InChI=1S/C21H29N3O3S/c1-24-11-8-15(9-12-24)10-13-28(26,27)23-21(25)22-20-18-6-2-4-16(18)14-17-5-3-7-19(17)20/h10,13-15H,2-9,11-12H2,1H3,(H2,22,23,25)/b13-10+. The molecule has 1 fully saturated rings. The summed E-state index contributed by atoms with van der Waals surface area (Å²) in [5.74, 6) is 0.247. The first-order chi connectivity index (χ1) is 13.4. The third-order valence-corrected chi connectivity index (χ3v) is 7.22. The molecular formula is C21H29N3O3S. The maximum Gasteiger partial charge on any atom is 0.333 e. The first-order valence-corrected chi connectivity index (χ1v) is 11.8. The van der Waals surface area contributed by atoms with Crippen LogP contribution in [0.5, 0.6) is 0 Å². The van der Waals surface area contributed by atoms with Crippen LogP contribution in [0, 0.1) is 5.92 Å². The van der Waals surface area contributed by atoms with Crippen molar-refractivity contribution >= 4 is 21.7 Å². The van der Waals surface area contributed by atoms with Crippen molar-refractivity contribution in [1.82, 2.24) is 9.62 Å². The van der Waals surface area contributed by atoms with Gasteiger partial charge in [0.05, 0.1) is 0 Å². The lowest BCUT2D eigenvalue weighted by molar-refractivity contribution is 0.244. The van der Waals surface area contributed by atoms with Gasteiger partial charge in [-0.25, -0.2) is 17.9 Å². The van der Waals surface area contributed by atoms with Gasteiger partial charge in [-0.15, -0.1) is 0 Å². The number of likely N-dealkylation sites (tertiary alicyclic amines) is 1. The van der Waals surface area contributed by atoms with Gasteiger partial charge in [0.1, 0.15) is 0 Å². The van der Waals surface area contributed by atoms with Gasteiger partial charge in [-0.3, -0.25) is 0 Å². The summed E-state index contributed by atoms with van der Waals surface area (Å²) < 4.78 is 26.8. The maximum atomic E-state index is 12.5. The molecule has 1 aromatic carbocycles. The van der Waals surface area contributed by atoms with E-state index in [0.29, 0.717) is 0 Å². The highest BCUT2D eigenvalue weighted by atomic mass is 32.2. The summed E-state index contributed by atoms with van der Waals surface area (Å²) in [4.78, 5) is 14.7. The van der Waals surface area contributed by atoms with Gasteiger partial charge in [0.2, 0.25) is 0 Å². The number of allylic oxidation sites excluding steroid dienone is 1. The van der Waals surface area contributed by atoms with Crippen LogP contribution >= 0.6 is 0 Å². The van der Waals surface area contributed by atoms with Crippen LogP contribution in [0.1, 0.15) is 47.9 Å². The summed E-state index contributed by atoms with van der Waals surface area (Å²) in [7, 11) is -1.73. The minimum Gasteiger partial charge on any atom is -0.307 e. The lowest BCUT2D eigenvalue weighted by Gasteiger charge is -2.26. The lowest BCUT2D eigenvalue weighted by Crippen LogP contribution is -2.34. The predicted octanol–water partition coefficient (Wildman–Crippen LogP) is 2.97. The van der Waals surface area contributed by atoms with Crippen molar-refractivity contribution in [2.24, 2.45) is 5.92 Å². The third-order valence-electron chi connectivity index (χ3n) is 6.24. The number of hydrogen-bond donors (Lipinski definition) is 2. The van der Waals surface area contributed by atoms with E-state index in [1.807, 2.05) is 0 Å². The Morgan fingerprint density at radius 2 is 1.68 bits per heavy atom. The molecule has 7 heteroatoms. The molecule has 6 nitrogen and oxygen atoms in total. The summed E-state index contributed by atoms with van der Waals surface area (Å²) in [5, 5.41) is 4.03. The summed E-state index contributed by atoms with van der Waals surface area (Å²) in [5.41, 5.74) is 5.85. The molecule has 2 N–H and O–H groups in total. The number of benzene rings is 1. The van der Waals surface area contributed by atoms with E-state index < -0.39 is 16.1 Å². The summed E-state index contributed by atoms with van der Waals surface area (Å²) in [6, 6.07) is 1.62. The van der Waals surface area contributed by atoms with E-state index in [-0.39, 0.29) is 5.92 Å². The molecule has 1 saturated heterocycles. The molecule has 2 aliphatic carbocycles. The third kappa shape index (κ3) is 4.25. The average molecular weight is 404 g/mol. The van der Waals surface area contributed by atoms with Crippen molar-refractivity contribution in [3.63, 3.8) is 0 Å². The first-order valence-electron chi connectivity index (χ1n) is 10.3. The van der Waals surface area contributed by atoms with E-state index in [2.05, 4.69) is 28.1 Å². The van der Waals surface area contributed by atoms with Gasteiger partial charge in [-0.1, -0.05) is 12.1 Å². The minimum absolute atomic E-state index is 0.247. The number of rotatable bonds is 4. The Bertz CT molecular complexity index is 868. The van der Waals surface area contributed by atoms with Crippen LogP contribution in [-0.2, 0) is 35.7 Å². The largest absolute Gasteiger partial charge is 0.333 e. The highest BCUT2D eigenvalue weighted by molar-refractivity contribution is 7.92. The van der Waals surface area contributed by atoms with Crippen LogP contribution in [0.3, 0.4) is 0 Å². The number of aryl methyl sites for hydroxylation is 2. The monoisotopic (exact) mass is 403 g/mol.